The quantitative estimate of drug-likeness (QED) is 0.517. The molecule has 2 fully saturated rings. The number of nitrogens with zero attached hydrogens (tertiary/aromatic N) is 1. The number of allylic oxidation sites excluding steroid dienone is 2. The molecular weight excluding hydrogens is 328 g/mol. The van der Waals surface area contributed by atoms with Crippen molar-refractivity contribution in [1.82, 2.24) is 0 Å². The van der Waals surface area contributed by atoms with Crippen LogP contribution >= 0.6 is 0 Å². The molecule has 0 unspecified atom stereocenters. The third-order valence-corrected chi connectivity index (χ3v) is 6.55. The Kier molecular flexibility index (Phi) is 6.83. The lowest BCUT2D eigenvalue weighted by Gasteiger charge is -2.31. The number of rotatable bonds is 5. The van der Waals surface area contributed by atoms with Crippen molar-refractivity contribution in [2.24, 2.45) is 17.8 Å². The van der Waals surface area contributed by atoms with Gasteiger partial charge in [0, 0.05) is 0 Å². The van der Waals surface area contributed by atoms with E-state index in [1.165, 1.54) is 63.0 Å². The number of benzene rings is 1. The van der Waals surface area contributed by atoms with E-state index < -0.39 is 5.83 Å². The van der Waals surface area contributed by atoms with Gasteiger partial charge in [0.1, 0.15) is 11.9 Å². The summed E-state index contributed by atoms with van der Waals surface area (Å²) in [5.41, 5.74) is 1.29. The van der Waals surface area contributed by atoms with Crippen LogP contribution < -0.4 is 0 Å². The number of hydrogen-bond acceptors (Lipinski definition) is 1. The molecule has 0 atom stereocenters. The van der Waals surface area contributed by atoms with Crippen LogP contribution in [0.25, 0.3) is 0 Å². The summed E-state index contributed by atoms with van der Waals surface area (Å²) in [6.45, 7) is 0. The lowest BCUT2D eigenvalue weighted by Crippen LogP contribution is -2.17. The predicted molar refractivity (Wildman–Crippen MR) is 101 cm³/mol. The van der Waals surface area contributed by atoms with Gasteiger partial charge >= 0.3 is 0 Å². The maximum atomic E-state index is 13.1. The SMILES string of the molecule is N#CC(F)=C[C@H]1CC[C@H](CC[C@H]2CC[C@H](c3ccc(F)cc3)CC2)CC1. The summed E-state index contributed by atoms with van der Waals surface area (Å²) in [5, 5.41) is 8.54. The van der Waals surface area contributed by atoms with Gasteiger partial charge < -0.3 is 0 Å². The smallest absolute Gasteiger partial charge is 0.196 e. The van der Waals surface area contributed by atoms with E-state index in [2.05, 4.69) is 0 Å². The lowest BCUT2D eigenvalue weighted by atomic mass is 9.74. The summed E-state index contributed by atoms with van der Waals surface area (Å²) in [7, 11) is 0. The van der Waals surface area contributed by atoms with E-state index in [1.54, 1.807) is 18.2 Å². The van der Waals surface area contributed by atoms with E-state index in [0.29, 0.717) is 5.92 Å². The van der Waals surface area contributed by atoms with Gasteiger partial charge in [-0.3, -0.25) is 0 Å². The van der Waals surface area contributed by atoms with E-state index in [9.17, 15) is 8.78 Å². The second-order valence-corrected chi connectivity index (χ2v) is 8.25. The van der Waals surface area contributed by atoms with Gasteiger partial charge in [-0.2, -0.15) is 9.65 Å². The van der Waals surface area contributed by atoms with Gasteiger partial charge in [0.05, 0.1) is 0 Å². The molecule has 3 rings (SSSR count). The van der Waals surface area contributed by atoms with Crippen LogP contribution in [-0.2, 0) is 0 Å². The molecule has 1 aromatic rings. The monoisotopic (exact) mass is 357 g/mol. The van der Waals surface area contributed by atoms with Gasteiger partial charge in [0.25, 0.3) is 0 Å². The third kappa shape index (κ3) is 5.40. The Labute approximate surface area is 156 Å². The standard InChI is InChI=1S/C23H29F2N/c24-22-13-11-21(12-14-22)20-9-7-18(8-10-20)2-1-17-3-5-19(6-4-17)15-23(25)16-26/h11-15,17-20H,1-10H2/t17-,18-,19-,20-. The minimum absolute atomic E-state index is 0.150. The summed E-state index contributed by atoms with van der Waals surface area (Å²) < 4.78 is 26.1. The van der Waals surface area contributed by atoms with Gasteiger partial charge in [0.2, 0.25) is 0 Å². The highest BCUT2D eigenvalue weighted by Crippen LogP contribution is 2.40. The third-order valence-electron chi connectivity index (χ3n) is 6.55. The Hall–Kier alpha value is -1.69. The zero-order valence-electron chi connectivity index (χ0n) is 15.5. The fourth-order valence-corrected chi connectivity index (χ4v) is 4.88. The molecule has 140 valence electrons. The zero-order valence-corrected chi connectivity index (χ0v) is 15.5. The van der Waals surface area contributed by atoms with Crippen molar-refractivity contribution < 1.29 is 8.78 Å². The maximum absolute atomic E-state index is 13.1. The van der Waals surface area contributed by atoms with Gasteiger partial charge in [-0.05, 0) is 98.8 Å². The summed E-state index contributed by atoms with van der Waals surface area (Å²) in [4.78, 5) is 0. The van der Waals surface area contributed by atoms with Crippen LogP contribution in [0.2, 0.25) is 0 Å². The molecule has 0 spiro atoms. The van der Waals surface area contributed by atoms with Crippen LogP contribution in [0.15, 0.2) is 36.2 Å². The summed E-state index contributed by atoms with van der Waals surface area (Å²) in [6, 6.07) is 8.64. The average Bonchev–Trinajstić information content (AvgIpc) is 2.68. The molecule has 0 aliphatic heterocycles. The van der Waals surface area contributed by atoms with Crippen molar-refractivity contribution >= 4 is 0 Å². The van der Waals surface area contributed by atoms with E-state index in [4.69, 9.17) is 5.26 Å². The molecule has 0 aromatic heterocycles. The first-order chi connectivity index (χ1) is 12.6. The highest BCUT2D eigenvalue weighted by Gasteiger charge is 2.25. The Morgan fingerprint density at radius 1 is 0.923 bits per heavy atom. The van der Waals surface area contributed by atoms with Crippen molar-refractivity contribution in [3.8, 4) is 6.07 Å². The van der Waals surface area contributed by atoms with Gasteiger partial charge in [-0.1, -0.05) is 25.0 Å². The van der Waals surface area contributed by atoms with Crippen LogP contribution in [0.3, 0.4) is 0 Å². The van der Waals surface area contributed by atoms with E-state index in [0.717, 1.165) is 24.7 Å². The highest BCUT2D eigenvalue weighted by atomic mass is 19.1. The Morgan fingerprint density at radius 2 is 1.46 bits per heavy atom. The molecule has 0 radical (unpaired) electrons. The van der Waals surface area contributed by atoms with Crippen LogP contribution in [-0.4, -0.2) is 0 Å². The van der Waals surface area contributed by atoms with Crippen molar-refractivity contribution in [1.29, 1.82) is 5.26 Å². The number of halogens is 2. The Balaban J connectivity index is 1.36. The lowest BCUT2D eigenvalue weighted by molar-refractivity contribution is 0.245. The average molecular weight is 357 g/mol. The summed E-state index contributed by atoms with van der Waals surface area (Å²) in [5.74, 6) is 1.70. The van der Waals surface area contributed by atoms with E-state index in [1.807, 2.05) is 12.1 Å². The van der Waals surface area contributed by atoms with Crippen molar-refractivity contribution in [3.63, 3.8) is 0 Å². The van der Waals surface area contributed by atoms with Gasteiger partial charge in [-0.25, -0.2) is 4.39 Å². The predicted octanol–water partition coefficient (Wildman–Crippen LogP) is 7.06. The van der Waals surface area contributed by atoms with Gasteiger partial charge in [-0.15, -0.1) is 0 Å². The zero-order chi connectivity index (χ0) is 18.4. The first-order valence-electron chi connectivity index (χ1n) is 10.2. The molecule has 0 heterocycles. The first kappa shape index (κ1) is 19.1. The largest absolute Gasteiger partial charge is 0.207 e. The molecular formula is C23H29F2N. The van der Waals surface area contributed by atoms with Crippen LogP contribution in [0.1, 0.15) is 75.7 Å². The van der Waals surface area contributed by atoms with Crippen LogP contribution in [0, 0.1) is 34.9 Å². The van der Waals surface area contributed by atoms with Crippen LogP contribution in [0.4, 0.5) is 8.78 Å². The molecule has 2 saturated carbocycles. The molecule has 2 aliphatic carbocycles. The summed E-state index contributed by atoms with van der Waals surface area (Å²) in [6.07, 6.45) is 13.5. The Bertz CT molecular complexity index is 627. The molecule has 0 bridgehead atoms. The second-order valence-electron chi connectivity index (χ2n) is 8.25. The first-order valence-corrected chi connectivity index (χ1v) is 10.2. The van der Waals surface area contributed by atoms with E-state index in [-0.39, 0.29) is 11.7 Å². The molecule has 26 heavy (non-hydrogen) atoms. The minimum Gasteiger partial charge on any atom is -0.207 e. The molecule has 3 heteroatoms. The molecule has 2 aliphatic rings. The van der Waals surface area contributed by atoms with Crippen molar-refractivity contribution in [3.05, 3.63) is 47.5 Å². The number of hydrogen-bond donors (Lipinski definition) is 0. The molecule has 0 amide bonds. The Morgan fingerprint density at radius 3 is 2.00 bits per heavy atom. The normalized spacial score (nSPS) is 30.0. The fourth-order valence-electron chi connectivity index (χ4n) is 4.88. The summed E-state index contributed by atoms with van der Waals surface area (Å²) >= 11 is 0. The molecule has 0 N–H and O–H groups in total. The topological polar surface area (TPSA) is 23.8 Å². The molecule has 1 aromatic carbocycles. The van der Waals surface area contributed by atoms with Crippen molar-refractivity contribution in [2.75, 3.05) is 0 Å². The van der Waals surface area contributed by atoms with Crippen LogP contribution in [0.5, 0.6) is 0 Å². The maximum Gasteiger partial charge on any atom is 0.196 e. The van der Waals surface area contributed by atoms with Gasteiger partial charge in [0.15, 0.2) is 5.83 Å². The molecule has 0 saturated heterocycles. The highest BCUT2D eigenvalue weighted by molar-refractivity contribution is 5.20. The van der Waals surface area contributed by atoms with Crippen molar-refractivity contribution in [2.45, 2.75) is 70.1 Å². The fraction of sp³-hybridized carbons (Fsp3) is 0.609. The number of nitriles is 1. The molecule has 1 nitrogen and oxygen atoms in total. The second kappa shape index (κ2) is 9.31. The van der Waals surface area contributed by atoms with E-state index >= 15 is 0 Å². The minimum atomic E-state index is -0.619.